The number of likely N-dealkylation sites (N-methyl/N-ethyl adjacent to an activating group) is 1. The number of carbonyl (C=O) groups excluding carboxylic acids is 1. The van der Waals surface area contributed by atoms with Crippen molar-refractivity contribution < 1.29 is 4.79 Å². The summed E-state index contributed by atoms with van der Waals surface area (Å²) in [5.74, 6) is 0.290. The van der Waals surface area contributed by atoms with Gasteiger partial charge in [-0.15, -0.1) is 0 Å². The third-order valence-electron chi connectivity index (χ3n) is 5.08. The Kier molecular flexibility index (Phi) is 6.67. The fourth-order valence-corrected chi connectivity index (χ4v) is 3.75. The minimum absolute atomic E-state index is 0.0508. The number of hydrogen-bond donors (Lipinski definition) is 2. The first-order valence-corrected chi connectivity index (χ1v) is 9.55. The molecule has 26 heavy (non-hydrogen) atoms. The largest absolute Gasteiger partial charge is 0.338 e. The standard InChI is InChI=1S/C22H29N3O/c1-25-16-8-13-20(17-25)24-22(26)23-15-14-21(18-9-4-2-5-10-18)19-11-6-3-7-12-19/h2-7,9-12,20-21H,8,13-17H2,1H3,(H2,23,24,26). The first-order valence-electron chi connectivity index (χ1n) is 9.55. The monoisotopic (exact) mass is 351 g/mol. The van der Waals surface area contributed by atoms with E-state index in [1.54, 1.807) is 0 Å². The predicted octanol–water partition coefficient (Wildman–Crippen LogP) is 3.60. The molecule has 2 amide bonds. The van der Waals surface area contributed by atoms with Crippen LogP contribution in [-0.2, 0) is 0 Å². The number of hydrogen-bond acceptors (Lipinski definition) is 2. The van der Waals surface area contributed by atoms with Crippen LogP contribution in [0.5, 0.6) is 0 Å². The SMILES string of the molecule is CN1CCCC(NC(=O)NCCC(c2ccccc2)c2ccccc2)C1. The van der Waals surface area contributed by atoms with Crippen molar-refractivity contribution in [2.24, 2.45) is 0 Å². The van der Waals surface area contributed by atoms with E-state index in [2.05, 4.69) is 71.1 Å². The van der Waals surface area contributed by atoms with Gasteiger partial charge in [0.1, 0.15) is 0 Å². The number of rotatable bonds is 6. The van der Waals surface area contributed by atoms with E-state index in [0.717, 1.165) is 32.4 Å². The summed E-state index contributed by atoms with van der Waals surface area (Å²) in [6.07, 6.45) is 3.09. The van der Waals surface area contributed by atoms with Crippen LogP contribution in [0.15, 0.2) is 60.7 Å². The maximum Gasteiger partial charge on any atom is 0.315 e. The van der Waals surface area contributed by atoms with Crippen LogP contribution >= 0.6 is 0 Å². The zero-order valence-electron chi connectivity index (χ0n) is 15.5. The average Bonchev–Trinajstić information content (AvgIpc) is 2.67. The molecule has 0 saturated carbocycles. The Morgan fingerprint density at radius 3 is 2.27 bits per heavy atom. The van der Waals surface area contributed by atoms with Crippen LogP contribution in [0.3, 0.4) is 0 Å². The number of piperidine rings is 1. The van der Waals surface area contributed by atoms with E-state index >= 15 is 0 Å². The van der Waals surface area contributed by atoms with Crippen LogP contribution in [0.2, 0.25) is 0 Å². The summed E-state index contributed by atoms with van der Waals surface area (Å²) in [5.41, 5.74) is 2.57. The Morgan fingerprint density at radius 2 is 1.69 bits per heavy atom. The van der Waals surface area contributed by atoms with Crippen LogP contribution in [-0.4, -0.2) is 43.7 Å². The second kappa shape index (κ2) is 9.39. The number of likely N-dealkylation sites (tertiary alicyclic amines) is 1. The zero-order chi connectivity index (χ0) is 18.2. The summed E-state index contributed by atoms with van der Waals surface area (Å²) in [6, 6.07) is 21.2. The summed E-state index contributed by atoms with van der Waals surface area (Å²) < 4.78 is 0. The third-order valence-corrected chi connectivity index (χ3v) is 5.08. The summed E-state index contributed by atoms with van der Waals surface area (Å²) in [6.45, 7) is 2.71. The molecular formula is C22H29N3O. The number of benzene rings is 2. The molecule has 1 unspecified atom stereocenters. The molecular weight excluding hydrogens is 322 g/mol. The van der Waals surface area contributed by atoms with E-state index in [-0.39, 0.29) is 12.1 Å². The van der Waals surface area contributed by atoms with E-state index in [0.29, 0.717) is 12.5 Å². The number of nitrogens with zero attached hydrogens (tertiary/aromatic N) is 1. The van der Waals surface area contributed by atoms with Crippen molar-refractivity contribution in [3.05, 3.63) is 71.8 Å². The van der Waals surface area contributed by atoms with E-state index in [9.17, 15) is 4.79 Å². The smallest absolute Gasteiger partial charge is 0.315 e. The fourth-order valence-electron chi connectivity index (χ4n) is 3.75. The van der Waals surface area contributed by atoms with E-state index in [1.165, 1.54) is 11.1 Å². The van der Waals surface area contributed by atoms with Gasteiger partial charge in [-0.25, -0.2) is 4.79 Å². The van der Waals surface area contributed by atoms with Gasteiger partial charge in [-0.2, -0.15) is 0 Å². The number of urea groups is 1. The second-order valence-corrected chi connectivity index (χ2v) is 7.16. The maximum absolute atomic E-state index is 12.2. The lowest BCUT2D eigenvalue weighted by atomic mass is 9.88. The molecule has 1 fully saturated rings. The van der Waals surface area contributed by atoms with Crippen molar-refractivity contribution in [1.82, 2.24) is 15.5 Å². The minimum Gasteiger partial charge on any atom is -0.338 e. The van der Waals surface area contributed by atoms with Gasteiger partial charge in [0.25, 0.3) is 0 Å². The molecule has 2 aromatic rings. The van der Waals surface area contributed by atoms with Gasteiger partial charge >= 0.3 is 6.03 Å². The molecule has 0 radical (unpaired) electrons. The van der Waals surface area contributed by atoms with Gasteiger partial charge in [0.15, 0.2) is 0 Å². The number of amides is 2. The Morgan fingerprint density at radius 1 is 1.08 bits per heavy atom. The molecule has 1 heterocycles. The summed E-state index contributed by atoms with van der Waals surface area (Å²) in [7, 11) is 2.11. The highest BCUT2D eigenvalue weighted by molar-refractivity contribution is 5.74. The van der Waals surface area contributed by atoms with Gasteiger partial charge in [0, 0.05) is 25.0 Å². The van der Waals surface area contributed by atoms with E-state index < -0.39 is 0 Å². The van der Waals surface area contributed by atoms with Crippen molar-refractivity contribution in [3.63, 3.8) is 0 Å². The minimum atomic E-state index is -0.0508. The molecule has 4 nitrogen and oxygen atoms in total. The Balaban J connectivity index is 1.54. The molecule has 0 aromatic heterocycles. The van der Waals surface area contributed by atoms with Crippen molar-refractivity contribution in [3.8, 4) is 0 Å². The molecule has 0 spiro atoms. The van der Waals surface area contributed by atoms with E-state index in [4.69, 9.17) is 0 Å². The zero-order valence-corrected chi connectivity index (χ0v) is 15.5. The molecule has 2 aromatic carbocycles. The van der Waals surface area contributed by atoms with Crippen molar-refractivity contribution in [2.45, 2.75) is 31.2 Å². The van der Waals surface area contributed by atoms with Gasteiger partial charge < -0.3 is 15.5 Å². The Labute approximate surface area is 156 Å². The summed E-state index contributed by atoms with van der Waals surface area (Å²) in [4.78, 5) is 14.5. The lowest BCUT2D eigenvalue weighted by Gasteiger charge is -2.30. The van der Waals surface area contributed by atoms with Crippen molar-refractivity contribution in [1.29, 1.82) is 0 Å². The Hall–Kier alpha value is -2.33. The molecule has 1 saturated heterocycles. The molecule has 0 aliphatic carbocycles. The fraction of sp³-hybridized carbons (Fsp3) is 0.409. The Bertz CT molecular complexity index is 635. The van der Waals surface area contributed by atoms with Gasteiger partial charge in [0.05, 0.1) is 0 Å². The van der Waals surface area contributed by atoms with Crippen molar-refractivity contribution >= 4 is 6.03 Å². The number of carbonyl (C=O) groups is 1. The maximum atomic E-state index is 12.2. The van der Waals surface area contributed by atoms with Crippen LogP contribution in [0.1, 0.15) is 36.3 Å². The molecule has 1 aliphatic heterocycles. The highest BCUT2D eigenvalue weighted by atomic mass is 16.2. The van der Waals surface area contributed by atoms with Crippen LogP contribution in [0.25, 0.3) is 0 Å². The molecule has 4 heteroatoms. The molecule has 0 bridgehead atoms. The quantitative estimate of drug-likeness (QED) is 0.835. The molecule has 3 rings (SSSR count). The van der Waals surface area contributed by atoms with Gasteiger partial charge in [-0.05, 0) is 44.0 Å². The van der Waals surface area contributed by atoms with Crippen LogP contribution in [0, 0.1) is 0 Å². The first-order chi connectivity index (χ1) is 12.7. The molecule has 1 aliphatic rings. The molecule has 138 valence electrons. The normalized spacial score (nSPS) is 17.8. The summed E-state index contributed by atoms with van der Waals surface area (Å²) >= 11 is 0. The summed E-state index contributed by atoms with van der Waals surface area (Å²) in [5, 5.41) is 6.16. The van der Waals surface area contributed by atoms with Gasteiger partial charge in [-0.1, -0.05) is 60.7 Å². The third kappa shape index (κ3) is 5.33. The lowest BCUT2D eigenvalue weighted by molar-refractivity contribution is 0.209. The highest BCUT2D eigenvalue weighted by Gasteiger charge is 2.19. The molecule has 1 atom stereocenters. The molecule has 2 N–H and O–H groups in total. The average molecular weight is 351 g/mol. The number of nitrogens with one attached hydrogen (secondary N) is 2. The second-order valence-electron chi connectivity index (χ2n) is 7.16. The van der Waals surface area contributed by atoms with Crippen LogP contribution < -0.4 is 10.6 Å². The first kappa shape index (κ1) is 18.5. The van der Waals surface area contributed by atoms with Crippen LogP contribution in [0.4, 0.5) is 4.79 Å². The van der Waals surface area contributed by atoms with Crippen molar-refractivity contribution in [2.75, 3.05) is 26.7 Å². The predicted molar refractivity (Wildman–Crippen MR) is 106 cm³/mol. The van der Waals surface area contributed by atoms with E-state index in [1.807, 2.05) is 12.1 Å². The topological polar surface area (TPSA) is 44.4 Å². The lowest BCUT2D eigenvalue weighted by Crippen LogP contribution is -2.49. The van der Waals surface area contributed by atoms with Gasteiger partial charge in [-0.3, -0.25) is 0 Å². The highest BCUT2D eigenvalue weighted by Crippen LogP contribution is 2.27. The van der Waals surface area contributed by atoms with Gasteiger partial charge in [0.2, 0.25) is 0 Å².